The lowest BCUT2D eigenvalue weighted by Gasteiger charge is -2.16. The Labute approximate surface area is 118 Å². The molecule has 0 aromatic rings. The minimum Gasteiger partial charge on any atom is -0.481 e. The van der Waals surface area contributed by atoms with Crippen molar-refractivity contribution in [2.24, 2.45) is 5.73 Å². The molecule has 3 amide bonds. The van der Waals surface area contributed by atoms with Gasteiger partial charge in [-0.05, 0) is 0 Å². The van der Waals surface area contributed by atoms with E-state index in [0.29, 0.717) is 0 Å². The number of carboxylic acids is 2. The highest BCUT2D eigenvalue weighted by Gasteiger charge is 2.23. The Morgan fingerprint density at radius 3 is 2.00 bits per heavy atom. The van der Waals surface area contributed by atoms with Gasteiger partial charge in [-0.3, -0.25) is 24.0 Å². The zero-order chi connectivity index (χ0) is 16.4. The summed E-state index contributed by atoms with van der Waals surface area (Å²) in [5.74, 6) is -4.99. The van der Waals surface area contributed by atoms with E-state index in [1.807, 2.05) is 5.32 Å². The van der Waals surface area contributed by atoms with E-state index in [9.17, 15) is 24.0 Å². The zero-order valence-electron chi connectivity index (χ0n) is 10.9. The Morgan fingerprint density at radius 1 is 0.905 bits per heavy atom. The fourth-order valence-electron chi connectivity index (χ4n) is 1.16. The minimum atomic E-state index is -1.38. The summed E-state index contributed by atoms with van der Waals surface area (Å²) in [6.07, 6.45) is -0.686. The van der Waals surface area contributed by atoms with Gasteiger partial charge in [0.15, 0.2) is 0 Å². The fourth-order valence-corrected chi connectivity index (χ4v) is 1.16. The molecule has 0 unspecified atom stereocenters. The van der Waals surface area contributed by atoms with Crippen molar-refractivity contribution >= 4 is 29.7 Å². The molecule has 11 nitrogen and oxygen atoms in total. The third kappa shape index (κ3) is 8.93. The summed E-state index contributed by atoms with van der Waals surface area (Å²) >= 11 is 0. The molecule has 0 aliphatic rings. The number of hydrogen-bond acceptors (Lipinski definition) is 6. The largest absolute Gasteiger partial charge is 0.481 e. The number of carboxylic acid groups (broad SMARTS) is 2. The molecule has 1 atom stereocenters. The van der Waals surface area contributed by atoms with Crippen LogP contribution in [-0.4, -0.2) is 65.5 Å². The molecule has 0 saturated heterocycles. The molecule has 21 heavy (non-hydrogen) atoms. The highest BCUT2D eigenvalue weighted by molar-refractivity contribution is 5.93. The quantitative estimate of drug-likeness (QED) is 0.250. The van der Waals surface area contributed by atoms with Gasteiger partial charge < -0.3 is 31.9 Å². The lowest BCUT2D eigenvalue weighted by Crippen LogP contribution is -2.51. The number of carbonyl (C=O) groups is 5. The first-order valence-corrected chi connectivity index (χ1v) is 5.73. The molecule has 118 valence electrons. The maximum Gasteiger partial charge on any atom is 0.322 e. The molecule has 0 aromatic heterocycles. The predicted octanol–water partition coefficient (Wildman–Crippen LogP) is -3.78. The van der Waals surface area contributed by atoms with Crippen molar-refractivity contribution in [2.75, 3.05) is 19.6 Å². The number of nitrogens with one attached hydrogen (secondary N) is 3. The molecule has 0 radical (unpaired) electrons. The predicted molar refractivity (Wildman–Crippen MR) is 66.9 cm³/mol. The van der Waals surface area contributed by atoms with Gasteiger partial charge in [-0.2, -0.15) is 0 Å². The second kappa shape index (κ2) is 9.25. The van der Waals surface area contributed by atoms with Crippen LogP contribution in [-0.2, 0) is 24.0 Å². The van der Waals surface area contributed by atoms with Gasteiger partial charge in [0.25, 0.3) is 0 Å². The lowest BCUT2D eigenvalue weighted by molar-refractivity contribution is -0.141. The second-order valence-corrected chi connectivity index (χ2v) is 3.81. The van der Waals surface area contributed by atoms with Crippen molar-refractivity contribution in [3.8, 4) is 0 Å². The smallest absolute Gasteiger partial charge is 0.322 e. The average molecular weight is 304 g/mol. The van der Waals surface area contributed by atoms with E-state index in [0.717, 1.165) is 0 Å². The molecule has 0 aliphatic carbocycles. The van der Waals surface area contributed by atoms with Gasteiger partial charge in [-0.15, -0.1) is 0 Å². The molecule has 0 fully saturated rings. The van der Waals surface area contributed by atoms with E-state index < -0.39 is 61.8 Å². The van der Waals surface area contributed by atoms with Crippen LogP contribution in [0.4, 0.5) is 0 Å². The topological polar surface area (TPSA) is 188 Å². The number of rotatable bonds is 9. The lowest BCUT2D eigenvalue weighted by atomic mass is 10.2. The van der Waals surface area contributed by atoms with Gasteiger partial charge in [0, 0.05) is 0 Å². The van der Waals surface area contributed by atoms with E-state index in [1.54, 1.807) is 0 Å². The standard InChI is InChI=1S/C10H16N4O7/c11-2-6(15)14-5(1-8(17)18)10(21)13-3-7(16)12-4-9(19)20/h5H,1-4,11H2,(H,12,16)(H,13,21)(H,14,15)(H,17,18)(H,19,20)/t5-/m0/s1. The van der Waals surface area contributed by atoms with Crippen molar-refractivity contribution in [3.05, 3.63) is 0 Å². The van der Waals surface area contributed by atoms with Crippen molar-refractivity contribution in [1.29, 1.82) is 0 Å². The highest BCUT2D eigenvalue weighted by atomic mass is 16.4. The van der Waals surface area contributed by atoms with Crippen LogP contribution in [0, 0.1) is 0 Å². The number of aliphatic carboxylic acids is 2. The van der Waals surface area contributed by atoms with Crippen molar-refractivity contribution in [1.82, 2.24) is 16.0 Å². The number of nitrogens with two attached hydrogens (primary N) is 1. The number of amides is 3. The Morgan fingerprint density at radius 2 is 1.52 bits per heavy atom. The monoisotopic (exact) mass is 304 g/mol. The molecule has 7 N–H and O–H groups in total. The number of carbonyl (C=O) groups excluding carboxylic acids is 3. The molecule has 0 heterocycles. The summed E-state index contributed by atoms with van der Waals surface area (Å²) in [6.45, 7) is -1.60. The van der Waals surface area contributed by atoms with Gasteiger partial charge in [0.1, 0.15) is 12.6 Å². The first-order chi connectivity index (χ1) is 9.76. The highest BCUT2D eigenvalue weighted by Crippen LogP contribution is 1.93. The summed E-state index contributed by atoms with van der Waals surface area (Å²) in [5.41, 5.74) is 5.03. The second-order valence-electron chi connectivity index (χ2n) is 3.81. The van der Waals surface area contributed by atoms with Gasteiger partial charge in [0.2, 0.25) is 17.7 Å². The van der Waals surface area contributed by atoms with Crippen LogP contribution in [0.25, 0.3) is 0 Å². The van der Waals surface area contributed by atoms with Crippen LogP contribution in [0.1, 0.15) is 6.42 Å². The normalized spacial score (nSPS) is 11.1. The first kappa shape index (κ1) is 18.3. The van der Waals surface area contributed by atoms with Crippen LogP contribution in [0.2, 0.25) is 0 Å². The van der Waals surface area contributed by atoms with Crippen molar-refractivity contribution in [3.63, 3.8) is 0 Å². The fraction of sp³-hybridized carbons (Fsp3) is 0.500. The summed E-state index contributed by atoms with van der Waals surface area (Å²) in [6, 6.07) is -1.38. The SMILES string of the molecule is NCC(=O)N[C@@H](CC(=O)O)C(=O)NCC(=O)NCC(=O)O. The summed E-state index contributed by atoms with van der Waals surface area (Å²) in [5, 5.41) is 23.1. The van der Waals surface area contributed by atoms with Crippen LogP contribution in [0.15, 0.2) is 0 Å². The molecule has 0 aliphatic heterocycles. The zero-order valence-corrected chi connectivity index (χ0v) is 10.9. The molecular formula is C10H16N4O7. The van der Waals surface area contributed by atoms with Crippen molar-refractivity contribution < 1.29 is 34.2 Å². The van der Waals surface area contributed by atoms with Gasteiger partial charge in [-0.1, -0.05) is 0 Å². The van der Waals surface area contributed by atoms with Gasteiger partial charge in [0.05, 0.1) is 19.5 Å². The minimum absolute atomic E-state index is 0.428. The van der Waals surface area contributed by atoms with Crippen molar-refractivity contribution in [2.45, 2.75) is 12.5 Å². The Bertz CT molecular complexity index is 437. The summed E-state index contributed by atoms with van der Waals surface area (Å²) in [7, 11) is 0. The third-order valence-corrected chi connectivity index (χ3v) is 2.08. The van der Waals surface area contributed by atoms with Gasteiger partial charge >= 0.3 is 11.9 Å². The van der Waals surface area contributed by atoms with E-state index >= 15 is 0 Å². The van der Waals surface area contributed by atoms with E-state index in [1.165, 1.54) is 0 Å². The maximum absolute atomic E-state index is 11.6. The van der Waals surface area contributed by atoms with Crippen LogP contribution in [0.3, 0.4) is 0 Å². The summed E-state index contributed by atoms with van der Waals surface area (Å²) < 4.78 is 0. The van der Waals surface area contributed by atoms with E-state index in [4.69, 9.17) is 15.9 Å². The molecular weight excluding hydrogens is 288 g/mol. The molecule has 0 aromatic carbocycles. The molecule has 0 bridgehead atoms. The van der Waals surface area contributed by atoms with E-state index in [2.05, 4.69) is 10.6 Å². The summed E-state index contributed by atoms with van der Waals surface area (Å²) in [4.78, 5) is 54.7. The van der Waals surface area contributed by atoms with Crippen LogP contribution >= 0.6 is 0 Å². The third-order valence-electron chi connectivity index (χ3n) is 2.08. The van der Waals surface area contributed by atoms with E-state index in [-0.39, 0.29) is 0 Å². The Hall–Kier alpha value is -2.69. The van der Waals surface area contributed by atoms with Crippen LogP contribution < -0.4 is 21.7 Å². The molecule has 0 rings (SSSR count). The van der Waals surface area contributed by atoms with Crippen LogP contribution in [0.5, 0.6) is 0 Å². The molecule has 0 spiro atoms. The number of hydrogen-bond donors (Lipinski definition) is 6. The molecule has 11 heteroatoms. The maximum atomic E-state index is 11.6. The Kier molecular flexibility index (Phi) is 8.07. The first-order valence-electron chi connectivity index (χ1n) is 5.73. The molecule has 0 saturated carbocycles. The van der Waals surface area contributed by atoms with Gasteiger partial charge in [-0.25, -0.2) is 0 Å². The average Bonchev–Trinajstić information content (AvgIpc) is 2.40. The Balaban J connectivity index is 4.39.